The molecule has 104 valence electrons. The van der Waals surface area contributed by atoms with Gasteiger partial charge in [0.1, 0.15) is 0 Å². The van der Waals surface area contributed by atoms with Crippen molar-refractivity contribution in [2.45, 2.75) is 32.7 Å². The van der Waals surface area contributed by atoms with Crippen LogP contribution in [-0.4, -0.2) is 29.1 Å². The molecule has 0 saturated carbocycles. The Hall–Kier alpha value is -1.59. The molecule has 5 heteroatoms. The number of aryl methyl sites for hydroxylation is 1. The van der Waals surface area contributed by atoms with Gasteiger partial charge in [0.05, 0.1) is 0 Å². The van der Waals surface area contributed by atoms with Crippen LogP contribution >= 0.6 is 0 Å². The van der Waals surface area contributed by atoms with Crippen molar-refractivity contribution in [2.75, 3.05) is 13.1 Å². The van der Waals surface area contributed by atoms with Crippen LogP contribution in [0.4, 0.5) is 0 Å². The number of hydrogen-bond donors (Lipinski definition) is 3. The van der Waals surface area contributed by atoms with Crippen LogP contribution in [0.25, 0.3) is 0 Å². The third kappa shape index (κ3) is 3.68. The first-order valence-corrected chi connectivity index (χ1v) is 6.76. The molecule has 19 heavy (non-hydrogen) atoms. The summed E-state index contributed by atoms with van der Waals surface area (Å²) in [5.74, 6) is 0.152. The fraction of sp³-hybridized carbons (Fsp3) is 0.500. The fourth-order valence-corrected chi connectivity index (χ4v) is 2.36. The summed E-state index contributed by atoms with van der Waals surface area (Å²) in [5, 5.41) is 14.0. The van der Waals surface area contributed by atoms with Crippen molar-refractivity contribution in [1.82, 2.24) is 10.4 Å². The van der Waals surface area contributed by atoms with Crippen molar-refractivity contribution in [3.05, 3.63) is 34.9 Å². The summed E-state index contributed by atoms with van der Waals surface area (Å²) < 4.78 is 0. The van der Waals surface area contributed by atoms with Crippen molar-refractivity contribution in [2.24, 2.45) is 10.9 Å². The van der Waals surface area contributed by atoms with Crippen molar-refractivity contribution < 1.29 is 5.21 Å². The quantitative estimate of drug-likeness (QED) is 0.333. The zero-order valence-electron chi connectivity index (χ0n) is 11.4. The Morgan fingerprint density at radius 1 is 1.37 bits per heavy atom. The topological polar surface area (TPSA) is 73.9 Å². The lowest BCUT2D eigenvalue weighted by Crippen LogP contribution is -2.41. The molecule has 0 amide bonds. The number of rotatable bonds is 4. The van der Waals surface area contributed by atoms with Gasteiger partial charge in [0.2, 0.25) is 0 Å². The zero-order valence-corrected chi connectivity index (χ0v) is 11.4. The van der Waals surface area contributed by atoms with Gasteiger partial charge >= 0.3 is 0 Å². The molecule has 1 aromatic rings. The number of amidine groups is 1. The number of benzene rings is 1. The second-order valence-electron chi connectivity index (χ2n) is 5.01. The van der Waals surface area contributed by atoms with Crippen LogP contribution < -0.4 is 11.2 Å². The van der Waals surface area contributed by atoms with E-state index in [0.29, 0.717) is 0 Å². The monoisotopic (exact) mass is 262 g/mol. The van der Waals surface area contributed by atoms with Crippen LogP contribution in [0, 0.1) is 6.92 Å². The van der Waals surface area contributed by atoms with Crippen LogP contribution in [0.5, 0.6) is 0 Å². The van der Waals surface area contributed by atoms with Gasteiger partial charge in [0.15, 0.2) is 5.84 Å². The number of oxime groups is 1. The molecule has 4 N–H and O–H groups in total. The van der Waals surface area contributed by atoms with Crippen LogP contribution in [0.3, 0.4) is 0 Å². The first-order chi connectivity index (χ1) is 9.20. The van der Waals surface area contributed by atoms with Gasteiger partial charge in [-0.05, 0) is 37.0 Å². The molecule has 5 nitrogen and oxygen atoms in total. The highest BCUT2D eigenvalue weighted by Crippen LogP contribution is 2.12. The van der Waals surface area contributed by atoms with Gasteiger partial charge in [0.25, 0.3) is 0 Å². The molecule has 1 saturated heterocycles. The van der Waals surface area contributed by atoms with Crippen LogP contribution in [0.2, 0.25) is 0 Å². The predicted molar refractivity (Wildman–Crippen MR) is 76.0 cm³/mol. The molecule has 0 radical (unpaired) electrons. The van der Waals surface area contributed by atoms with Gasteiger partial charge in [-0.25, -0.2) is 5.01 Å². The Bertz CT molecular complexity index is 453. The molecule has 0 unspecified atom stereocenters. The first-order valence-electron chi connectivity index (χ1n) is 6.76. The molecular weight excluding hydrogens is 240 g/mol. The summed E-state index contributed by atoms with van der Waals surface area (Å²) in [6.07, 6.45) is 3.88. The average Bonchev–Trinajstić information content (AvgIpc) is 2.46. The van der Waals surface area contributed by atoms with E-state index >= 15 is 0 Å². The maximum Gasteiger partial charge on any atom is 0.170 e. The van der Waals surface area contributed by atoms with E-state index in [0.717, 1.165) is 30.8 Å². The molecule has 1 aliphatic rings. The van der Waals surface area contributed by atoms with Crippen LogP contribution in [0.1, 0.15) is 36.0 Å². The van der Waals surface area contributed by atoms with Gasteiger partial charge in [-0.15, -0.1) is 0 Å². The second kappa shape index (κ2) is 6.54. The molecule has 1 fully saturated rings. The molecule has 0 spiro atoms. The maximum atomic E-state index is 8.67. The number of hydrogen-bond acceptors (Lipinski definition) is 4. The lowest BCUT2D eigenvalue weighted by atomic mass is 10.0. The molecule has 2 rings (SSSR count). The minimum absolute atomic E-state index is 0.152. The van der Waals surface area contributed by atoms with Crippen molar-refractivity contribution >= 4 is 5.84 Å². The summed E-state index contributed by atoms with van der Waals surface area (Å²) in [4.78, 5) is 0. The molecule has 0 aromatic heterocycles. The summed E-state index contributed by atoms with van der Waals surface area (Å²) in [6, 6.07) is 5.86. The van der Waals surface area contributed by atoms with Crippen molar-refractivity contribution in [3.8, 4) is 0 Å². The first kappa shape index (κ1) is 13.8. The fourth-order valence-electron chi connectivity index (χ4n) is 2.36. The van der Waals surface area contributed by atoms with E-state index in [-0.39, 0.29) is 5.84 Å². The van der Waals surface area contributed by atoms with E-state index in [1.165, 1.54) is 24.8 Å². The molecule has 0 atom stereocenters. The SMILES string of the molecule is Cc1cc(/C(N)=N/O)ccc1CNN1CCCCC1. The molecular formula is C14H22N4O. The van der Waals surface area contributed by atoms with E-state index in [1.54, 1.807) is 0 Å². The Morgan fingerprint density at radius 3 is 2.74 bits per heavy atom. The van der Waals surface area contributed by atoms with Gasteiger partial charge < -0.3 is 10.9 Å². The van der Waals surface area contributed by atoms with Gasteiger partial charge in [-0.1, -0.05) is 23.7 Å². The minimum Gasteiger partial charge on any atom is -0.409 e. The zero-order chi connectivity index (χ0) is 13.7. The molecule has 1 heterocycles. The summed E-state index contributed by atoms with van der Waals surface area (Å²) in [6.45, 7) is 5.12. The highest BCUT2D eigenvalue weighted by Gasteiger charge is 2.10. The van der Waals surface area contributed by atoms with E-state index in [4.69, 9.17) is 10.9 Å². The normalized spacial score (nSPS) is 17.6. The standard InChI is InChI=1S/C14H22N4O/c1-11-9-12(14(15)17-19)5-6-13(11)10-16-18-7-3-2-4-8-18/h5-6,9,16,19H,2-4,7-8,10H2,1H3,(H2,15,17). The highest BCUT2D eigenvalue weighted by molar-refractivity contribution is 5.97. The van der Waals surface area contributed by atoms with Crippen LogP contribution in [0.15, 0.2) is 23.4 Å². The maximum absolute atomic E-state index is 8.67. The molecule has 0 bridgehead atoms. The minimum atomic E-state index is 0.152. The summed E-state index contributed by atoms with van der Waals surface area (Å²) in [7, 11) is 0. The average molecular weight is 262 g/mol. The smallest absolute Gasteiger partial charge is 0.170 e. The second-order valence-corrected chi connectivity index (χ2v) is 5.01. The van der Waals surface area contributed by atoms with Gasteiger partial charge in [0, 0.05) is 25.2 Å². The van der Waals surface area contributed by atoms with Gasteiger partial charge in [-0.3, -0.25) is 5.43 Å². The van der Waals surface area contributed by atoms with Crippen LogP contribution in [-0.2, 0) is 6.54 Å². The number of hydrazine groups is 1. The molecule has 1 aliphatic heterocycles. The van der Waals surface area contributed by atoms with E-state index in [2.05, 4.69) is 15.6 Å². The highest BCUT2D eigenvalue weighted by atomic mass is 16.4. The Morgan fingerprint density at radius 2 is 2.11 bits per heavy atom. The Balaban J connectivity index is 1.97. The van der Waals surface area contributed by atoms with Gasteiger partial charge in [-0.2, -0.15) is 0 Å². The summed E-state index contributed by atoms with van der Waals surface area (Å²) >= 11 is 0. The number of nitrogens with two attached hydrogens (primary N) is 1. The third-order valence-electron chi connectivity index (χ3n) is 3.60. The Labute approximate surface area is 114 Å². The molecule has 0 aliphatic carbocycles. The number of nitrogens with one attached hydrogen (secondary N) is 1. The van der Waals surface area contributed by atoms with Crippen molar-refractivity contribution in [1.29, 1.82) is 0 Å². The lowest BCUT2D eigenvalue weighted by molar-refractivity contribution is 0.151. The Kier molecular flexibility index (Phi) is 4.76. The lowest BCUT2D eigenvalue weighted by Gasteiger charge is -2.27. The summed E-state index contributed by atoms with van der Waals surface area (Å²) in [5.41, 5.74) is 12.2. The number of nitrogens with zero attached hydrogens (tertiary/aromatic N) is 2. The molecule has 1 aromatic carbocycles. The van der Waals surface area contributed by atoms with E-state index in [9.17, 15) is 0 Å². The largest absolute Gasteiger partial charge is 0.409 e. The number of piperidine rings is 1. The predicted octanol–water partition coefficient (Wildman–Crippen LogP) is 1.58. The van der Waals surface area contributed by atoms with E-state index in [1.807, 2.05) is 25.1 Å². The third-order valence-corrected chi connectivity index (χ3v) is 3.60. The van der Waals surface area contributed by atoms with Crippen molar-refractivity contribution in [3.63, 3.8) is 0 Å². The van der Waals surface area contributed by atoms with E-state index < -0.39 is 0 Å².